The van der Waals surface area contributed by atoms with Crippen molar-refractivity contribution in [3.63, 3.8) is 0 Å². The van der Waals surface area contributed by atoms with E-state index in [1.165, 1.54) is 0 Å². The van der Waals surface area contributed by atoms with Gasteiger partial charge in [0.05, 0.1) is 0 Å². The van der Waals surface area contributed by atoms with E-state index in [1.807, 2.05) is 0 Å². The topological polar surface area (TPSA) is 63.3 Å². The number of aliphatic carboxylic acids is 1. The highest BCUT2D eigenvalue weighted by Gasteiger charge is 2.13. The normalized spacial score (nSPS) is 12.4. The maximum Gasteiger partial charge on any atom is 0.320 e. The number of halogens is 3. The van der Waals surface area contributed by atoms with E-state index in [-0.39, 0.29) is 18.8 Å². The summed E-state index contributed by atoms with van der Waals surface area (Å²) in [5.41, 5.74) is 4.93. The summed E-state index contributed by atoms with van der Waals surface area (Å²) >= 11 is 0. The van der Waals surface area contributed by atoms with Crippen LogP contribution in [0.1, 0.15) is 12.8 Å². The van der Waals surface area contributed by atoms with Crippen LogP contribution in [0.5, 0.6) is 0 Å². The van der Waals surface area contributed by atoms with E-state index in [0.717, 1.165) is 0 Å². The molecule has 0 heterocycles. The largest absolute Gasteiger partial charge is 0.480 e. The highest BCUT2D eigenvalue weighted by atomic mass is 35.5. The molecule has 0 aliphatic heterocycles. The van der Waals surface area contributed by atoms with Crippen molar-refractivity contribution < 1.29 is 18.7 Å². The molecular weight excluding hydrogens is 180 g/mol. The summed E-state index contributed by atoms with van der Waals surface area (Å²) in [6.45, 7) is 0. The molecule has 68 valence electrons. The van der Waals surface area contributed by atoms with Gasteiger partial charge in [0.25, 0.3) is 0 Å². The first-order valence-corrected chi connectivity index (χ1v) is 2.80. The molecule has 1 atom stereocenters. The maximum atomic E-state index is 11.4. The van der Waals surface area contributed by atoms with E-state index in [0.29, 0.717) is 0 Å². The Kier molecular flexibility index (Phi) is 7.55. The lowest BCUT2D eigenvalue weighted by Gasteiger charge is -2.03. The lowest BCUT2D eigenvalue weighted by atomic mass is 10.2. The van der Waals surface area contributed by atoms with E-state index in [9.17, 15) is 13.6 Å². The first-order valence-electron chi connectivity index (χ1n) is 2.80. The minimum atomic E-state index is -2.47. The second-order valence-electron chi connectivity index (χ2n) is 1.91. The SMILES string of the molecule is Cl.NC(CCC(F)F)C(=O)O. The van der Waals surface area contributed by atoms with Crippen LogP contribution < -0.4 is 5.73 Å². The molecule has 11 heavy (non-hydrogen) atoms. The fraction of sp³-hybridized carbons (Fsp3) is 0.800. The molecular formula is C5H10ClF2NO2. The Balaban J connectivity index is 0. The van der Waals surface area contributed by atoms with Gasteiger partial charge in [0.1, 0.15) is 6.04 Å². The van der Waals surface area contributed by atoms with Crippen molar-refractivity contribution in [2.75, 3.05) is 0 Å². The molecule has 0 aliphatic rings. The van der Waals surface area contributed by atoms with Gasteiger partial charge >= 0.3 is 5.97 Å². The summed E-state index contributed by atoms with van der Waals surface area (Å²) < 4.78 is 22.8. The molecule has 0 fully saturated rings. The van der Waals surface area contributed by atoms with E-state index in [1.54, 1.807) is 0 Å². The maximum absolute atomic E-state index is 11.4. The monoisotopic (exact) mass is 189 g/mol. The van der Waals surface area contributed by atoms with Crippen LogP contribution in [-0.2, 0) is 4.79 Å². The third-order valence-electron chi connectivity index (χ3n) is 1.01. The molecule has 1 unspecified atom stereocenters. The van der Waals surface area contributed by atoms with Crippen molar-refractivity contribution in [3.05, 3.63) is 0 Å². The lowest BCUT2D eigenvalue weighted by molar-refractivity contribution is -0.138. The smallest absolute Gasteiger partial charge is 0.320 e. The van der Waals surface area contributed by atoms with Gasteiger partial charge < -0.3 is 10.8 Å². The van der Waals surface area contributed by atoms with Crippen LogP contribution in [0.2, 0.25) is 0 Å². The molecule has 0 spiro atoms. The third-order valence-corrected chi connectivity index (χ3v) is 1.01. The molecule has 0 aromatic carbocycles. The molecule has 0 rings (SSSR count). The summed E-state index contributed by atoms with van der Waals surface area (Å²) in [5.74, 6) is -1.24. The highest BCUT2D eigenvalue weighted by Crippen LogP contribution is 2.04. The standard InChI is InChI=1S/C5H9F2NO2.ClH/c6-4(7)2-1-3(8)5(9)10;/h3-4H,1-2,8H2,(H,9,10);1H. The second-order valence-corrected chi connectivity index (χ2v) is 1.91. The van der Waals surface area contributed by atoms with Gasteiger partial charge in [0.2, 0.25) is 6.43 Å². The van der Waals surface area contributed by atoms with Crippen LogP contribution in [0.4, 0.5) is 8.78 Å². The molecule has 0 saturated heterocycles. The van der Waals surface area contributed by atoms with Gasteiger partial charge in [-0.15, -0.1) is 12.4 Å². The van der Waals surface area contributed by atoms with E-state index < -0.39 is 24.9 Å². The van der Waals surface area contributed by atoms with E-state index in [2.05, 4.69) is 0 Å². The van der Waals surface area contributed by atoms with Crippen LogP contribution in [0, 0.1) is 0 Å². The van der Waals surface area contributed by atoms with Gasteiger partial charge in [-0.3, -0.25) is 4.79 Å². The van der Waals surface area contributed by atoms with Gasteiger partial charge in [0, 0.05) is 6.42 Å². The molecule has 0 aliphatic carbocycles. The zero-order valence-electron chi connectivity index (χ0n) is 5.67. The quantitative estimate of drug-likeness (QED) is 0.690. The molecule has 3 nitrogen and oxygen atoms in total. The number of carboxylic acid groups (broad SMARTS) is 1. The molecule has 6 heteroatoms. The average Bonchev–Trinajstić information content (AvgIpc) is 1.82. The second kappa shape index (κ2) is 6.30. The summed E-state index contributed by atoms with van der Waals surface area (Å²) in [4.78, 5) is 9.94. The summed E-state index contributed by atoms with van der Waals surface area (Å²) in [6, 6.07) is -1.16. The minimum Gasteiger partial charge on any atom is -0.480 e. The molecule has 0 aromatic heterocycles. The van der Waals surface area contributed by atoms with Crippen molar-refractivity contribution >= 4 is 18.4 Å². The Labute approximate surface area is 69.0 Å². The fourth-order valence-corrected chi connectivity index (χ4v) is 0.429. The number of hydrogen-bond acceptors (Lipinski definition) is 2. The lowest BCUT2D eigenvalue weighted by Crippen LogP contribution is -2.30. The molecule has 0 saturated carbocycles. The summed E-state index contributed by atoms with van der Waals surface area (Å²) in [7, 11) is 0. The minimum absolute atomic E-state index is 0. The predicted molar refractivity (Wildman–Crippen MR) is 38.1 cm³/mol. The van der Waals surface area contributed by atoms with Crippen LogP contribution in [0.25, 0.3) is 0 Å². The number of alkyl halides is 2. The van der Waals surface area contributed by atoms with Gasteiger partial charge in [-0.1, -0.05) is 0 Å². The van der Waals surface area contributed by atoms with Crippen molar-refractivity contribution in [1.29, 1.82) is 0 Å². The zero-order chi connectivity index (χ0) is 8.15. The molecule has 3 N–H and O–H groups in total. The Morgan fingerprint density at radius 2 is 1.91 bits per heavy atom. The summed E-state index contributed by atoms with van der Waals surface area (Å²) in [5, 5.41) is 8.12. The van der Waals surface area contributed by atoms with Crippen molar-refractivity contribution in [2.45, 2.75) is 25.3 Å². The first kappa shape index (κ1) is 13.2. The fourth-order valence-electron chi connectivity index (χ4n) is 0.429. The van der Waals surface area contributed by atoms with Crippen LogP contribution in [-0.4, -0.2) is 23.5 Å². The Morgan fingerprint density at radius 3 is 2.18 bits per heavy atom. The van der Waals surface area contributed by atoms with Crippen molar-refractivity contribution in [2.24, 2.45) is 5.73 Å². The van der Waals surface area contributed by atoms with Crippen LogP contribution in [0.15, 0.2) is 0 Å². The van der Waals surface area contributed by atoms with Gasteiger partial charge in [-0.05, 0) is 6.42 Å². The molecule has 0 radical (unpaired) electrons. The number of hydrogen-bond donors (Lipinski definition) is 2. The Morgan fingerprint density at radius 1 is 1.45 bits per heavy atom. The van der Waals surface area contributed by atoms with Crippen molar-refractivity contribution in [1.82, 2.24) is 0 Å². The van der Waals surface area contributed by atoms with Gasteiger partial charge in [0.15, 0.2) is 0 Å². The zero-order valence-corrected chi connectivity index (χ0v) is 6.48. The Hall–Kier alpha value is -0.420. The third kappa shape index (κ3) is 7.48. The van der Waals surface area contributed by atoms with Crippen LogP contribution in [0.3, 0.4) is 0 Å². The highest BCUT2D eigenvalue weighted by molar-refractivity contribution is 5.85. The number of carbonyl (C=O) groups is 1. The average molecular weight is 190 g/mol. The first-order chi connectivity index (χ1) is 4.54. The predicted octanol–water partition coefficient (Wildman–Crippen LogP) is 0.865. The molecule has 0 aromatic rings. The molecule has 0 amide bonds. The number of nitrogens with two attached hydrogens (primary N) is 1. The Bertz CT molecular complexity index is 123. The van der Waals surface area contributed by atoms with Crippen molar-refractivity contribution in [3.8, 4) is 0 Å². The van der Waals surface area contributed by atoms with Gasteiger partial charge in [-0.2, -0.15) is 0 Å². The number of rotatable bonds is 4. The van der Waals surface area contributed by atoms with Crippen LogP contribution >= 0.6 is 12.4 Å². The van der Waals surface area contributed by atoms with E-state index >= 15 is 0 Å². The number of carboxylic acids is 1. The van der Waals surface area contributed by atoms with Gasteiger partial charge in [-0.25, -0.2) is 8.78 Å². The molecule has 0 bridgehead atoms. The van der Waals surface area contributed by atoms with E-state index in [4.69, 9.17) is 10.8 Å². The summed E-state index contributed by atoms with van der Waals surface area (Å²) in [6.07, 6.45) is -3.09.